The van der Waals surface area contributed by atoms with Crippen molar-refractivity contribution in [3.05, 3.63) is 59.8 Å². The number of carbonyl (C=O) groups excluding carboxylic acids is 2. The summed E-state index contributed by atoms with van der Waals surface area (Å²) in [6, 6.07) is 16.0. The van der Waals surface area contributed by atoms with Gasteiger partial charge in [-0.15, -0.1) is 0 Å². The van der Waals surface area contributed by atoms with Crippen LogP contribution in [0.5, 0.6) is 0 Å². The lowest BCUT2D eigenvalue weighted by molar-refractivity contribution is -0.146. The highest BCUT2D eigenvalue weighted by Gasteiger charge is 2.52. The van der Waals surface area contributed by atoms with Crippen molar-refractivity contribution < 1.29 is 23.6 Å². The van der Waals surface area contributed by atoms with Crippen molar-refractivity contribution in [2.45, 2.75) is 52.4 Å². The number of amides is 1. The van der Waals surface area contributed by atoms with E-state index >= 15 is 0 Å². The minimum Gasteiger partial charge on any atom is -0.465 e. The summed E-state index contributed by atoms with van der Waals surface area (Å²) < 4.78 is 16.2. The Kier molecular flexibility index (Phi) is 7.24. The molecule has 1 heterocycles. The number of anilines is 1. The van der Waals surface area contributed by atoms with E-state index in [9.17, 15) is 9.59 Å². The summed E-state index contributed by atoms with van der Waals surface area (Å²) in [5.74, 6) is 0.403. The molecule has 7 nitrogen and oxygen atoms in total. The Labute approximate surface area is 206 Å². The highest BCUT2D eigenvalue weighted by molar-refractivity contribution is 5.93. The number of rotatable bonds is 9. The van der Waals surface area contributed by atoms with E-state index in [-0.39, 0.29) is 5.97 Å². The van der Waals surface area contributed by atoms with E-state index < -0.39 is 11.5 Å². The van der Waals surface area contributed by atoms with Crippen molar-refractivity contribution >= 4 is 17.7 Å². The highest BCUT2D eigenvalue weighted by Crippen LogP contribution is 2.49. The maximum Gasteiger partial charge on any atom is 0.414 e. The zero-order valence-electron chi connectivity index (χ0n) is 20.8. The van der Waals surface area contributed by atoms with Gasteiger partial charge in [-0.25, -0.2) is 4.79 Å². The van der Waals surface area contributed by atoms with Crippen LogP contribution < -0.4 is 4.90 Å². The Morgan fingerprint density at radius 2 is 1.54 bits per heavy atom. The molecule has 7 heteroatoms. The van der Waals surface area contributed by atoms with Gasteiger partial charge in [-0.2, -0.15) is 0 Å². The molecule has 0 aliphatic heterocycles. The molecule has 2 aromatic carbocycles. The van der Waals surface area contributed by atoms with Crippen LogP contribution in [0.15, 0.2) is 53.1 Å². The molecular weight excluding hydrogens is 444 g/mol. The van der Waals surface area contributed by atoms with Gasteiger partial charge in [0.2, 0.25) is 0 Å². The van der Waals surface area contributed by atoms with Crippen molar-refractivity contribution in [1.29, 1.82) is 0 Å². The molecule has 1 aliphatic rings. The van der Waals surface area contributed by atoms with Gasteiger partial charge in [0.25, 0.3) is 0 Å². The second kappa shape index (κ2) is 10.3. The summed E-state index contributed by atoms with van der Waals surface area (Å²) in [6.45, 7) is 8.70. The first-order valence-corrected chi connectivity index (χ1v) is 12.2. The third-order valence-corrected chi connectivity index (χ3v) is 6.40. The zero-order valence-corrected chi connectivity index (χ0v) is 20.8. The monoisotopic (exact) mass is 476 g/mol. The van der Waals surface area contributed by atoms with E-state index in [1.807, 2.05) is 76.2 Å². The molecule has 0 N–H and O–H groups in total. The molecule has 1 aromatic heterocycles. The number of nitrogens with zero attached hydrogens (tertiary/aromatic N) is 2. The minimum absolute atomic E-state index is 0.130. The van der Waals surface area contributed by atoms with Gasteiger partial charge in [-0.3, -0.25) is 9.69 Å². The average Bonchev–Trinajstić information content (AvgIpc) is 3.62. The fraction of sp³-hybridized carbons (Fsp3) is 0.393. The number of aryl methyl sites for hydroxylation is 1. The molecule has 0 atom stereocenters. The van der Waals surface area contributed by atoms with Gasteiger partial charge in [-0.1, -0.05) is 60.6 Å². The SMILES string of the molecule is CCCOC(=O)N(CC)c1c(C)noc1-c1ccc(-c2ccc(C3(C(=O)OCC)CC3)cc2)cc1. The van der Waals surface area contributed by atoms with E-state index in [1.165, 1.54) is 0 Å². The number of hydrogen-bond acceptors (Lipinski definition) is 6. The van der Waals surface area contributed by atoms with Gasteiger partial charge >= 0.3 is 12.1 Å². The molecule has 1 aliphatic carbocycles. The zero-order chi connectivity index (χ0) is 25.0. The van der Waals surface area contributed by atoms with Crippen LogP contribution in [0.2, 0.25) is 0 Å². The van der Waals surface area contributed by atoms with E-state index in [0.717, 1.165) is 41.5 Å². The second-order valence-corrected chi connectivity index (χ2v) is 8.76. The summed E-state index contributed by atoms with van der Waals surface area (Å²) in [5, 5.41) is 4.11. The number of benzene rings is 2. The molecule has 184 valence electrons. The third kappa shape index (κ3) is 4.81. The van der Waals surface area contributed by atoms with Crippen molar-refractivity contribution in [3.8, 4) is 22.5 Å². The largest absolute Gasteiger partial charge is 0.465 e. The quantitative estimate of drug-likeness (QED) is 0.338. The number of esters is 1. The number of ether oxygens (including phenoxy) is 2. The smallest absolute Gasteiger partial charge is 0.414 e. The summed E-state index contributed by atoms with van der Waals surface area (Å²) in [4.78, 5) is 26.5. The number of hydrogen-bond donors (Lipinski definition) is 0. The summed E-state index contributed by atoms with van der Waals surface area (Å²) >= 11 is 0. The maximum absolute atomic E-state index is 12.6. The van der Waals surface area contributed by atoms with Gasteiger partial charge in [0.05, 0.1) is 18.6 Å². The molecular formula is C28H32N2O5. The molecule has 4 rings (SSSR count). The first-order valence-electron chi connectivity index (χ1n) is 12.2. The maximum atomic E-state index is 12.6. The summed E-state index contributed by atoms with van der Waals surface area (Å²) in [7, 11) is 0. The first kappa shape index (κ1) is 24.5. The van der Waals surface area contributed by atoms with E-state index in [2.05, 4.69) is 5.16 Å². The van der Waals surface area contributed by atoms with Crippen LogP contribution in [-0.4, -0.2) is 37.0 Å². The molecule has 0 unspecified atom stereocenters. The van der Waals surface area contributed by atoms with Crippen LogP contribution in [0.4, 0.5) is 10.5 Å². The Morgan fingerprint density at radius 1 is 0.943 bits per heavy atom. The van der Waals surface area contributed by atoms with Crippen molar-refractivity contribution in [1.82, 2.24) is 5.16 Å². The Morgan fingerprint density at radius 3 is 2.09 bits per heavy atom. The predicted octanol–water partition coefficient (Wildman–Crippen LogP) is 6.28. The first-order chi connectivity index (χ1) is 16.9. The second-order valence-electron chi connectivity index (χ2n) is 8.76. The molecule has 0 spiro atoms. The fourth-order valence-corrected chi connectivity index (χ4v) is 4.32. The van der Waals surface area contributed by atoms with Crippen LogP contribution in [0.1, 0.15) is 51.3 Å². The molecule has 1 amide bonds. The predicted molar refractivity (Wildman–Crippen MR) is 134 cm³/mol. The van der Waals surface area contributed by atoms with Crippen molar-refractivity contribution in [2.75, 3.05) is 24.7 Å². The van der Waals surface area contributed by atoms with E-state index in [1.54, 1.807) is 4.90 Å². The minimum atomic E-state index is -0.470. The van der Waals surface area contributed by atoms with Crippen LogP contribution in [0.3, 0.4) is 0 Å². The van der Waals surface area contributed by atoms with Gasteiger partial charge in [0, 0.05) is 12.1 Å². The van der Waals surface area contributed by atoms with Crippen molar-refractivity contribution in [3.63, 3.8) is 0 Å². The molecule has 0 saturated heterocycles. The average molecular weight is 477 g/mol. The molecule has 1 saturated carbocycles. The standard InChI is InChI=1S/C28H32N2O5/c1-5-18-34-27(32)30(6-2)24-19(4)29-35-25(24)22-10-8-20(9-11-22)21-12-14-23(15-13-21)28(16-17-28)26(31)33-7-3/h8-15H,5-7,16-18H2,1-4H3. The van der Waals surface area contributed by atoms with E-state index in [0.29, 0.717) is 36.9 Å². The van der Waals surface area contributed by atoms with Gasteiger partial charge < -0.3 is 14.0 Å². The van der Waals surface area contributed by atoms with E-state index in [4.69, 9.17) is 14.0 Å². The Hall–Kier alpha value is -3.61. The topological polar surface area (TPSA) is 81.9 Å². The highest BCUT2D eigenvalue weighted by atomic mass is 16.6. The van der Waals surface area contributed by atoms with Crippen LogP contribution >= 0.6 is 0 Å². The normalized spacial score (nSPS) is 13.8. The summed E-state index contributed by atoms with van der Waals surface area (Å²) in [6.07, 6.45) is 2.01. The van der Waals surface area contributed by atoms with Crippen LogP contribution in [0, 0.1) is 6.92 Å². The Balaban J connectivity index is 1.56. The molecule has 3 aromatic rings. The lowest BCUT2D eigenvalue weighted by Gasteiger charge is -2.20. The van der Waals surface area contributed by atoms with Crippen molar-refractivity contribution in [2.24, 2.45) is 0 Å². The molecule has 35 heavy (non-hydrogen) atoms. The number of aromatic nitrogens is 1. The van der Waals surface area contributed by atoms with Gasteiger partial charge in [0.15, 0.2) is 5.76 Å². The molecule has 0 bridgehead atoms. The van der Waals surface area contributed by atoms with Gasteiger partial charge in [0.1, 0.15) is 11.4 Å². The van der Waals surface area contributed by atoms with Crippen LogP contribution in [-0.2, 0) is 19.7 Å². The number of carbonyl (C=O) groups is 2. The third-order valence-electron chi connectivity index (χ3n) is 6.40. The van der Waals surface area contributed by atoms with Gasteiger partial charge in [-0.05, 0) is 56.7 Å². The lowest BCUT2D eigenvalue weighted by atomic mass is 9.93. The molecule has 0 radical (unpaired) electrons. The summed E-state index contributed by atoms with van der Waals surface area (Å²) in [5.41, 5.74) is 4.70. The Bertz CT molecular complexity index is 1180. The van der Waals surface area contributed by atoms with Crippen LogP contribution in [0.25, 0.3) is 22.5 Å². The molecule has 1 fully saturated rings. The lowest BCUT2D eigenvalue weighted by Crippen LogP contribution is -2.32. The fourth-order valence-electron chi connectivity index (χ4n) is 4.32.